The Labute approximate surface area is 221 Å². The van der Waals surface area contributed by atoms with E-state index in [2.05, 4.69) is 26.6 Å². The summed E-state index contributed by atoms with van der Waals surface area (Å²) in [5.74, 6) is -1.32. The van der Waals surface area contributed by atoms with Crippen molar-refractivity contribution in [1.82, 2.24) is 5.32 Å². The molecule has 0 bridgehead atoms. The number of urea groups is 1. The first-order valence-electron chi connectivity index (χ1n) is 11.1. The van der Waals surface area contributed by atoms with Crippen molar-refractivity contribution >= 4 is 57.1 Å². The third kappa shape index (κ3) is 6.04. The summed E-state index contributed by atoms with van der Waals surface area (Å²) in [6, 6.07) is 17.8. The molecule has 1 saturated heterocycles. The molecule has 2 N–H and O–H groups in total. The molecule has 1 heterocycles. The summed E-state index contributed by atoms with van der Waals surface area (Å²) in [6.07, 6.45) is 1.35. The average molecular weight is 564 g/mol. The Kier molecular flexibility index (Phi) is 7.69. The van der Waals surface area contributed by atoms with E-state index in [1.807, 2.05) is 19.1 Å². The summed E-state index contributed by atoms with van der Waals surface area (Å²) < 4.78 is 11.8. The molecule has 1 fully saturated rings. The van der Waals surface area contributed by atoms with Crippen molar-refractivity contribution in [1.29, 1.82) is 0 Å². The molecule has 1 aliphatic rings. The van der Waals surface area contributed by atoms with Crippen LogP contribution in [0.15, 0.2) is 76.8 Å². The molecule has 0 atom stereocenters. The van der Waals surface area contributed by atoms with E-state index >= 15 is 0 Å². The quantitative estimate of drug-likeness (QED) is 0.324. The maximum atomic E-state index is 13.1. The second kappa shape index (κ2) is 11.1. The Balaban J connectivity index is 1.50. The van der Waals surface area contributed by atoms with E-state index in [9.17, 15) is 19.2 Å². The predicted molar refractivity (Wildman–Crippen MR) is 141 cm³/mol. The van der Waals surface area contributed by atoms with E-state index in [4.69, 9.17) is 9.47 Å². The number of nitrogens with zero attached hydrogens (tertiary/aromatic N) is 1. The number of anilines is 2. The summed E-state index contributed by atoms with van der Waals surface area (Å²) in [6.45, 7) is 1.70. The smallest absolute Gasteiger partial charge is 0.335 e. The third-order valence-corrected chi connectivity index (χ3v) is 5.91. The zero-order valence-electron chi connectivity index (χ0n) is 19.9. The minimum atomic E-state index is -0.834. The lowest BCUT2D eigenvalue weighted by molar-refractivity contribution is -0.122. The number of nitrogens with one attached hydrogen (secondary N) is 2. The number of hydrogen-bond acceptors (Lipinski definition) is 6. The molecule has 4 rings (SSSR count). The van der Waals surface area contributed by atoms with Gasteiger partial charge in [0.1, 0.15) is 5.57 Å². The molecule has 5 amide bonds. The molecule has 0 radical (unpaired) electrons. The highest BCUT2D eigenvalue weighted by atomic mass is 79.9. The summed E-state index contributed by atoms with van der Waals surface area (Å²) in [5.41, 5.74) is 2.27. The van der Waals surface area contributed by atoms with E-state index in [-0.39, 0.29) is 18.1 Å². The summed E-state index contributed by atoms with van der Waals surface area (Å²) >= 11 is 3.31. The molecule has 0 unspecified atom stereocenters. The minimum Gasteiger partial charge on any atom is -0.493 e. The van der Waals surface area contributed by atoms with Gasteiger partial charge >= 0.3 is 6.03 Å². The van der Waals surface area contributed by atoms with Gasteiger partial charge < -0.3 is 14.8 Å². The van der Waals surface area contributed by atoms with E-state index in [1.54, 1.807) is 54.6 Å². The number of carbonyl (C=O) groups excluding carboxylic acids is 4. The predicted octanol–water partition coefficient (Wildman–Crippen LogP) is 4.45. The highest BCUT2D eigenvalue weighted by molar-refractivity contribution is 9.10. The second-order valence-corrected chi connectivity index (χ2v) is 8.96. The normalized spacial score (nSPS) is 14.4. The van der Waals surface area contributed by atoms with Crippen molar-refractivity contribution in [3.05, 3.63) is 87.9 Å². The van der Waals surface area contributed by atoms with Gasteiger partial charge in [-0.1, -0.05) is 39.7 Å². The molecular weight excluding hydrogens is 542 g/mol. The monoisotopic (exact) mass is 563 g/mol. The van der Waals surface area contributed by atoms with Crippen LogP contribution >= 0.6 is 15.9 Å². The Morgan fingerprint density at radius 1 is 1.00 bits per heavy atom. The molecular formula is C27H22BrN3O6. The van der Waals surface area contributed by atoms with Gasteiger partial charge in [-0.05, 0) is 67.1 Å². The first kappa shape index (κ1) is 25.6. The van der Waals surface area contributed by atoms with Crippen molar-refractivity contribution < 1.29 is 28.7 Å². The van der Waals surface area contributed by atoms with Crippen LogP contribution in [0.1, 0.15) is 11.1 Å². The van der Waals surface area contributed by atoms with Gasteiger partial charge in [-0.25, -0.2) is 9.69 Å². The third-order valence-electron chi connectivity index (χ3n) is 5.38. The van der Waals surface area contributed by atoms with Crippen LogP contribution in [0.3, 0.4) is 0 Å². The van der Waals surface area contributed by atoms with Gasteiger partial charge in [-0.2, -0.15) is 0 Å². The van der Waals surface area contributed by atoms with Crippen LogP contribution in [0.2, 0.25) is 0 Å². The standard InChI is InChI=1S/C27H22BrN3O6/c1-16-3-8-19(9-4-16)29-24(32)15-37-22-12-5-17(14-23(22)36-2)13-21-25(33)30-27(35)31(26(21)34)20-10-6-18(28)7-11-20/h3-14H,15H2,1-2H3,(H,29,32)(H,30,33,35)/b21-13+. The minimum absolute atomic E-state index is 0.226. The molecule has 10 heteroatoms. The van der Waals surface area contributed by atoms with Crippen LogP contribution in [0, 0.1) is 6.92 Å². The number of ether oxygens (including phenoxy) is 2. The highest BCUT2D eigenvalue weighted by Crippen LogP contribution is 2.30. The topological polar surface area (TPSA) is 114 Å². The first-order chi connectivity index (χ1) is 17.7. The molecule has 0 aromatic heterocycles. The number of aryl methyl sites for hydroxylation is 1. The van der Waals surface area contributed by atoms with Gasteiger partial charge in [0.25, 0.3) is 17.7 Å². The average Bonchev–Trinajstić information content (AvgIpc) is 2.88. The Morgan fingerprint density at radius 3 is 2.38 bits per heavy atom. The molecule has 0 aliphatic carbocycles. The summed E-state index contributed by atoms with van der Waals surface area (Å²) in [5, 5.41) is 4.93. The van der Waals surface area contributed by atoms with Crippen LogP contribution in [0.25, 0.3) is 6.08 Å². The zero-order chi connectivity index (χ0) is 26.5. The van der Waals surface area contributed by atoms with Gasteiger partial charge in [-0.15, -0.1) is 0 Å². The lowest BCUT2D eigenvalue weighted by Crippen LogP contribution is -2.54. The van der Waals surface area contributed by atoms with Crippen LogP contribution in [-0.4, -0.2) is 37.5 Å². The fourth-order valence-electron chi connectivity index (χ4n) is 3.52. The summed E-state index contributed by atoms with van der Waals surface area (Å²) in [7, 11) is 1.43. The number of hydrogen-bond donors (Lipinski definition) is 2. The Bertz CT molecular complexity index is 1400. The van der Waals surface area contributed by atoms with Crippen molar-refractivity contribution in [2.45, 2.75) is 6.92 Å². The Morgan fingerprint density at radius 2 is 1.70 bits per heavy atom. The molecule has 0 saturated carbocycles. The van der Waals surface area contributed by atoms with E-state index in [0.717, 1.165) is 14.9 Å². The van der Waals surface area contributed by atoms with Crippen molar-refractivity contribution in [2.75, 3.05) is 23.9 Å². The number of rotatable bonds is 7. The number of halogens is 1. The van der Waals surface area contributed by atoms with E-state index in [0.29, 0.717) is 28.4 Å². The van der Waals surface area contributed by atoms with Crippen molar-refractivity contribution in [3.63, 3.8) is 0 Å². The highest BCUT2D eigenvalue weighted by Gasteiger charge is 2.36. The molecule has 1 aliphatic heterocycles. The maximum absolute atomic E-state index is 13.1. The van der Waals surface area contributed by atoms with Gasteiger partial charge in [0.2, 0.25) is 0 Å². The number of carbonyl (C=O) groups is 4. The fourth-order valence-corrected chi connectivity index (χ4v) is 3.78. The summed E-state index contributed by atoms with van der Waals surface area (Å²) in [4.78, 5) is 51.0. The van der Waals surface area contributed by atoms with E-state index < -0.39 is 17.8 Å². The Hall–Kier alpha value is -4.44. The molecule has 3 aromatic carbocycles. The number of imide groups is 2. The zero-order valence-corrected chi connectivity index (χ0v) is 21.5. The lowest BCUT2D eigenvalue weighted by Gasteiger charge is -2.26. The SMILES string of the molecule is COc1cc(/C=C2\C(=O)NC(=O)N(c3ccc(Br)cc3)C2=O)ccc1OCC(=O)Nc1ccc(C)cc1. The second-order valence-electron chi connectivity index (χ2n) is 8.05. The van der Waals surface area contributed by atoms with Gasteiger partial charge in [-0.3, -0.25) is 19.7 Å². The largest absolute Gasteiger partial charge is 0.493 e. The molecule has 9 nitrogen and oxygen atoms in total. The molecule has 37 heavy (non-hydrogen) atoms. The van der Waals surface area contributed by atoms with Crippen LogP contribution in [0.4, 0.5) is 16.2 Å². The number of methoxy groups -OCH3 is 1. The maximum Gasteiger partial charge on any atom is 0.335 e. The van der Waals surface area contributed by atoms with Gasteiger partial charge in [0.15, 0.2) is 18.1 Å². The first-order valence-corrected chi connectivity index (χ1v) is 11.9. The number of benzene rings is 3. The lowest BCUT2D eigenvalue weighted by atomic mass is 10.1. The molecule has 0 spiro atoms. The fraction of sp³-hybridized carbons (Fsp3) is 0.111. The van der Waals surface area contributed by atoms with Crippen LogP contribution in [-0.2, 0) is 14.4 Å². The van der Waals surface area contributed by atoms with Crippen molar-refractivity contribution in [3.8, 4) is 11.5 Å². The van der Waals surface area contributed by atoms with Crippen LogP contribution < -0.4 is 25.0 Å². The molecule has 3 aromatic rings. The van der Waals surface area contributed by atoms with Crippen molar-refractivity contribution in [2.24, 2.45) is 0 Å². The number of amides is 5. The van der Waals surface area contributed by atoms with Gasteiger partial charge in [0, 0.05) is 10.2 Å². The van der Waals surface area contributed by atoms with E-state index in [1.165, 1.54) is 13.2 Å². The van der Waals surface area contributed by atoms with Crippen LogP contribution in [0.5, 0.6) is 11.5 Å². The van der Waals surface area contributed by atoms with Gasteiger partial charge in [0.05, 0.1) is 12.8 Å². The number of barbiturate groups is 1. The molecule has 188 valence electrons.